The van der Waals surface area contributed by atoms with E-state index in [1.54, 1.807) is 11.5 Å². The highest BCUT2D eigenvalue weighted by molar-refractivity contribution is 5.85. The van der Waals surface area contributed by atoms with Crippen LogP contribution in [0.4, 0.5) is 24.9 Å². The van der Waals surface area contributed by atoms with Crippen molar-refractivity contribution in [2.45, 2.75) is 89.9 Å². The van der Waals surface area contributed by atoms with Crippen LogP contribution in [0.2, 0.25) is 0 Å². The summed E-state index contributed by atoms with van der Waals surface area (Å²) in [5, 5.41) is 25.3. The van der Waals surface area contributed by atoms with Crippen molar-refractivity contribution in [2.24, 2.45) is 5.41 Å². The third kappa shape index (κ3) is 6.69. The van der Waals surface area contributed by atoms with Gasteiger partial charge in [-0.15, -0.1) is 0 Å². The van der Waals surface area contributed by atoms with Crippen molar-refractivity contribution in [1.29, 1.82) is 0 Å². The zero-order chi connectivity index (χ0) is 30.3. The van der Waals surface area contributed by atoms with Gasteiger partial charge in [-0.3, -0.25) is 4.79 Å². The second-order valence-electron chi connectivity index (χ2n) is 12.6. The van der Waals surface area contributed by atoms with E-state index in [4.69, 9.17) is 9.97 Å². The number of nitrogens with one attached hydrogen (secondary N) is 1. The summed E-state index contributed by atoms with van der Waals surface area (Å²) < 4.78 is 41.8. The number of hydrogen-bond donors (Lipinski definition) is 3. The molecule has 1 aliphatic heterocycles. The SMILES string of the molecule is CCCN(C(=O)C(F)(F)F)[C@H]1C[C@@H](n2cnc3c(NCCC(C)(C)C)nc(N4CC[C@@H](N(C)C)C4)nc32)[C@H](O)[C@@H]1O. The van der Waals surface area contributed by atoms with Crippen LogP contribution in [0.3, 0.4) is 0 Å². The molecule has 0 radical (unpaired) electrons. The first-order valence-electron chi connectivity index (χ1n) is 14.3. The number of imidazole rings is 1. The molecule has 0 unspecified atom stereocenters. The van der Waals surface area contributed by atoms with Gasteiger partial charge in [0.25, 0.3) is 0 Å². The van der Waals surface area contributed by atoms with Crippen molar-refractivity contribution in [3.63, 3.8) is 0 Å². The predicted molar refractivity (Wildman–Crippen MR) is 150 cm³/mol. The van der Waals surface area contributed by atoms with E-state index >= 15 is 0 Å². The highest BCUT2D eigenvalue weighted by Crippen LogP contribution is 2.38. The first-order valence-corrected chi connectivity index (χ1v) is 14.3. The van der Waals surface area contributed by atoms with Gasteiger partial charge in [0, 0.05) is 32.2 Å². The molecular formula is C27H43F3N8O3. The van der Waals surface area contributed by atoms with Gasteiger partial charge in [0.05, 0.1) is 18.4 Å². The van der Waals surface area contributed by atoms with Crippen molar-refractivity contribution >= 4 is 28.8 Å². The van der Waals surface area contributed by atoms with Gasteiger partial charge in [0.1, 0.15) is 12.2 Å². The van der Waals surface area contributed by atoms with Crippen LogP contribution in [-0.4, -0.2) is 116 Å². The van der Waals surface area contributed by atoms with E-state index in [2.05, 4.69) is 40.9 Å². The summed E-state index contributed by atoms with van der Waals surface area (Å²) in [6, 6.07) is -1.73. The molecule has 5 atom stereocenters. The standard InChI is InChI=1S/C27H43F3N8O3/c1-7-11-37(24(41)27(28,29)30)17-13-18(21(40)20(17)39)38-15-32-19-22(31-10-9-26(2,3)4)33-25(34-23(19)38)36-12-8-16(14-36)35(5)6/h15-18,20-21,39-40H,7-14H2,1-6H3,(H,31,33,34)/t16-,17+,18-,20-,21+/m1/s1. The second-order valence-corrected chi connectivity index (χ2v) is 12.6. The lowest BCUT2D eigenvalue weighted by atomic mass is 9.92. The lowest BCUT2D eigenvalue weighted by molar-refractivity contribution is -0.190. The minimum absolute atomic E-state index is 0.0891. The molecule has 3 heterocycles. The molecule has 230 valence electrons. The Morgan fingerprint density at radius 2 is 1.88 bits per heavy atom. The number of rotatable bonds is 9. The minimum Gasteiger partial charge on any atom is -0.388 e. The number of aliphatic hydroxyl groups is 2. The zero-order valence-electron chi connectivity index (χ0n) is 24.7. The first kappa shape index (κ1) is 31.2. The third-order valence-corrected chi connectivity index (χ3v) is 8.10. The van der Waals surface area contributed by atoms with Crippen molar-refractivity contribution < 1.29 is 28.2 Å². The fourth-order valence-electron chi connectivity index (χ4n) is 5.71. The van der Waals surface area contributed by atoms with Gasteiger partial charge in [0.2, 0.25) is 5.95 Å². The summed E-state index contributed by atoms with van der Waals surface area (Å²) in [7, 11) is 4.06. The second kappa shape index (κ2) is 11.9. The van der Waals surface area contributed by atoms with Gasteiger partial charge < -0.3 is 34.8 Å². The Bertz CT molecular complexity index is 1210. The van der Waals surface area contributed by atoms with Crippen LogP contribution in [0.1, 0.15) is 59.4 Å². The number of aromatic nitrogens is 4. The maximum Gasteiger partial charge on any atom is 0.471 e. The lowest BCUT2D eigenvalue weighted by Gasteiger charge is -2.31. The largest absolute Gasteiger partial charge is 0.471 e. The Kier molecular flexibility index (Phi) is 9.05. The number of likely N-dealkylation sites (N-methyl/N-ethyl adjacent to an activating group) is 1. The normalized spacial score (nSPS) is 25.5. The molecule has 0 aromatic carbocycles. The number of nitrogens with zero attached hydrogens (tertiary/aromatic N) is 7. The molecule has 1 saturated heterocycles. The van der Waals surface area contributed by atoms with Gasteiger partial charge in [-0.2, -0.15) is 23.1 Å². The Hall–Kier alpha value is -2.71. The first-order chi connectivity index (χ1) is 19.1. The van der Waals surface area contributed by atoms with E-state index in [0.29, 0.717) is 40.4 Å². The zero-order valence-corrected chi connectivity index (χ0v) is 24.7. The molecule has 1 amide bonds. The van der Waals surface area contributed by atoms with Crippen LogP contribution in [0, 0.1) is 5.41 Å². The molecule has 4 rings (SSSR count). The van der Waals surface area contributed by atoms with Crippen molar-refractivity contribution in [3.05, 3.63) is 6.33 Å². The molecule has 2 aromatic rings. The van der Waals surface area contributed by atoms with Crippen molar-refractivity contribution in [2.75, 3.05) is 50.5 Å². The number of amides is 1. The summed E-state index contributed by atoms with van der Waals surface area (Å²) in [4.78, 5) is 31.3. The number of alkyl halides is 3. The van der Waals surface area contributed by atoms with Crippen molar-refractivity contribution in [1.82, 2.24) is 29.3 Å². The Morgan fingerprint density at radius 3 is 2.46 bits per heavy atom. The van der Waals surface area contributed by atoms with Crippen LogP contribution >= 0.6 is 0 Å². The van der Waals surface area contributed by atoms with E-state index < -0.39 is 36.4 Å². The molecule has 41 heavy (non-hydrogen) atoms. The predicted octanol–water partition coefficient (Wildman–Crippen LogP) is 2.65. The van der Waals surface area contributed by atoms with E-state index in [1.807, 2.05) is 14.1 Å². The maximum absolute atomic E-state index is 13.4. The highest BCUT2D eigenvalue weighted by Gasteiger charge is 2.51. The van der Waals surface area contributed by atoms with Crippen LogP contribution < -0.4 is 10.2 Å². The van der Waals surface area contributed by atoms with E-state index in [9.17, 15) is 28.2 Å². The maximum atomic E-state index is 13.4. The molecule has 0 spiro atoms. The summed E-state index contributed by atoms with van der Waals surface area (Å²) >= 11 is 0. The number of carbonyl (C=O) groups is 1. The molecule has 14 heteroatoms. The van der Waals surface area contributed by atoms with E-state index in [1.165, 1.54) is 6.33 Å². The fourth-order valence-corrected chi connectivity index (χ4v) is 5.71. The number of fused-ring (bicyclic) bond motifs is 1. The molecule has 1 saturated carbocycles. The van der Waals surface area contributed by atoms with Gasteiger partial charge in [-0.25, -0.2) is 4.98 Å². The van der Waals surface area contributed by atoms with Gasteiger partial charge >= 0.3 is 12.1 Å². The van der Waals surface area contributed by atoms with Gasteiger partial charge in [-0.1, -0.05) is 27.7 Å². The molecular weight excluding hydrogens is 541 g/mol. The molecule has 2 fully saturated rings. The van der Waals surface area contributed by atoms with Crippen LogP contribution in [-0.2, 0) is 4.79 Å². The topological polar surface area (TPSA) is 123 Å². The van der Waals surface area contributed by atoms with Crippen molar-refractivity contribution in [3.8, 4) is 0 Å². The number of aliphatic hydroxyl groups excluding tert-OH is 2. The lowest BCUT2D eigenvalue weighted by Crippen LogP contribution is -2.51. The van der Waals surface area contributed by atoms with E-state index in [0.717, 1.165) is 25.9 Å². The monoisotopic (exact) mass is 584 g/mol. The molecule has 3 N–H and O–H groups in total. The van der Waals surface area contributed by atoms with Crippen LogP contribution in [0.5, 0.6) is 0 Å². The Morgan fingerprint density at radius 1 is 1.17 bits per heavy atom. The molecule has 11 nitrogen and oxygen atoms in total. The highest BCUT2D eigenvalue weighted by atomic mass is 19.4. The van der Waals surface area contributed by atoms with Gasteiger partial charge in [-0.05, 0) is 45.2 Å². The average Bonchev–Trinajstić information content (AvgIpc) is 3.60. The summed E-state index contributed by atoms with van der Waals surface area (Å²) in [6.07, 6.45) is -4.62. The number of halogens is 3. The molecule has 1 aliphatic carbocycles. The summed E-state index contributed by atoms with van der Waals surface area (Å²) in [6.45, 7) is 10.0. The van der Waals surface area contributed by atoms with Crippen LogP contribution in [0.15, 0.2) is 6.33 Å². The number of hydrogen-bond acceptors (Lipinski definition) is 9. The van der Waals surface area contributed by atoms with Crippen LogP contribution in [0.25, 0.3) is 11.2 Å². The smallest absolute Gasteiger partial charge is 0.388 e. The summed E-state index contributed by atoms with van der Waals surface area (Å²) in [5.74, 6) is -0.997. The van der Waals surface area contributed by atoms with Gasteiger partial charge in [0.15, 0.2) is 17.0 Å². The minimum atomic E-state index is -5.09. The quantitative estimate of drug-likeness (QED) is 0.408. The third-order valence-electron chi connectivity index (χ3n) is 8.10. The Balaban J connectivity index is 1.71. The average molecular weight is 585 g/mol. The number of anilines is 2. The number of carbonyl (C=O) groups excluding carboxylic acids is 1. The fraction of sp³-hybridized carbons (Fsp3) is 0.778. The molecule has 0 bridgehead atoms. The van der Waals surface area contributed by atoms with E-state index in [-0.39, 0.29) is 24.8 Å². The Labute approximate surface area is 238 Å². The molecule has 2 aliphatic rings. The molecule has 2 aromatic heterocycles. The summed E-state index contributed by atoms with van der Waals surface area (Å²) in [5.41, 5.74) is 0.961.